The molecule has 0 radical (unpaired) electrons. The van der Waals surface area contributed by atoms with E-state index >= 15 is 0 Å². The summed E-state index contributed by atoms with van der Waals surface area (Å²) in [7, 11) is -0.767. The SMILES string of the molecule is CCCCCC[PH](CC)(CC)CC. The van der Waals surface area contributed by atoms with Gasteiger partial charge >= 0.3 is 85.3 Å². The van der Waals surface area contributed by atoms with Gasteiger partial charge in [0.25, 0.3) is 0 Å². The Morgan fingerprint density at radius 2 is 1.23 bits per heavy atom. The summed E-state index contributed by atoms with van der Waals surface area (Å²) in [6.45, 7) is 9.54. The van der Waals surface area contributed by atoms with Crippen molar-refractivity contribution in [2.45, 2.75) is 53.4 Å². The molecule has 13 heavy (non-hydrogen) atoms. The number of hydrogen-bond donors (Lipinski definition) is 0. The maximum absolute atomic E-state index is 2.42. The van der Waals surface area contributed by atoms with Crippen LogP contribution in [0.25, 0.3) is 0 Å². The Kier molecular flexibility index (Phi) is 8.06. The van der Waals surface area contributed by atoms with Crippen molar-refractivity contribution in [3.63, 3.8) is 0 Å². The molecule has 0 N–H and O–H groups in total. The van der Waals surface area contributed by atoms with Crippen LogP contribution in [-0.2, 0) is 0 Å². The zero-order chi connectivity index (χ0) is 10.2. The van der Waals surface area contributed by atoms with Crippen LogP contribution in [0.3, 0.4) is 0 Å². The molecular formula is C12H29P. The van der Waals surface area contributed by atoms with Crippen LogP contribution in [0.15, 0.2) is 0 Å². The van der Waals surface area contributed by atoms with Crippen LogP contribution in [0.2, 0.25) is 0 Å². The summed E-state index contributed by atoms with van der Waals surface area (Å²) in [6.07, 6.45) is 11.9. The normalized spacial score (nSPS) is 13.2. The van der Waals surface area contributed by atoms with Gasteiger partial charge in [0.2, 0.25) is 0 Å². The van der Waals surface area contributed by atoms with Crippen molar-refractivity contribution in [3.05, 3.63) is 0 Å². The molecule has 0 heterocycles. The molecule has 0 amide bonds. The van der Waals surface area contributed by atoms with Gasteiger partial charge in [0.05, 0.1) is 0 Å². The van der Waals surface area contributed by atoms with Crippen molar-refractivity contribution >= 4 is 7.26 Å². The summed E-state index contributed by atoms with van der Waals surface area (Å²) in [5.41, 5.74) is 0. The standard InChI is InChI=1S/C12H29P/c1-5-9-10-11-12-13(6-2,7-3)8-4/h13H,5-12H2,1-4H3. The predicted molar refractivity (Wildman–Crippen MR) is 68.9 cm³/mol. The molecule has 0 aromatic rings. The minimum atomic E-state index is -0.767. The molecule has 0 aliphatic heterocycles. The molecule has 1 heteroatoms. The monoisotopic (exact) mass is 204 g/mol. The molecule has 0 atom stereocenters. The third-order valence-corrected chi connectivity index (χ3v) is 9.72. The fourth-order valence-corrected chi connectivity index (χ4v) is 5.77. The van der Waals surface area contributed by atoms with E-state index in [1.165, 1.54) is 44.2 Å². The molecule has 0 bridgehead atoms. The Balaban J connectivity index is 3.68. The van der Waals surface area contributed by atoms with Gasteiger partial charge in [0, 0.05) is 0 Å². The van der Waals surface area contributed by atoms with Crippen LogP contribution in [0.5, 0.6) is 0 Å². The first kappa shape index (κ1) is 13.4. The van der Waals surface area contributed by atoms with Crippen LogP contribution in [0.4, 0.5) is 0 Å². The third kappa shape index (κ3) is 5.01. The van der Waals surface area contributed by atoms with E-state index in [0.29, 0.717) is 0 Å². The summed E-state index contributed by atoms with van der Waals surface area (Å²) < 4.78 is 0. The average Bonchev–Trinajstić information content (AvgIpc) is 2.20. The molecule has 0 spiro atoms. The Morgan fingerprint density at radius 1 is 0.692 bits per heavy atom. The van der Waals surface area contributed by atoms with Crippen molar-refractivity contribution in [1.29, 1.82) is 0 Å². The third-order valence-electron chi connectivity index (χ3n) is 3.81. The van der Waals surface area contributed by atoms with Gasteiger partial charge in [-0.15, -0.1) is 0 Å². The summed E-state index contributed by atoms with van der Waals surface area (Å²) in [5, 5.41) is 0. The zero-order valence-corrected chi connectivity index (χ0v) is 11.2. The summed E-state index contributed by atoms with van der Waals surface area (Å²) >= 11 is 0. The van der Waals surface area contributed by atoms with E-state index in [0.717, 1.165) is 0 Å². The van der Waals surface area contributed by atoms with Crippen LogP contribution < -0.4 is 0 Å². The van der Waals surface area contributed by atoms with E-state index in [1.54, 1.807) is 6.16 Å². The van der Waals surface area contributed by atoms with Gasteiger partial charge in [-0.25, -0.2) is 0 Å². The van der Waals surface area contributed by atoms with E-state index in [4.69, 9.17) is 0 Å². The quantitative estimate of drug-likeness (QED) is 0.406. The van der Waals surface area contributed by atoms with Gasteiger partial charge < -0.3 is 0 Å². The van der Waals surface area contributed by atoms with Crippen molar-refractivity contribution in [2.75, 3.05) is 24.6 Å². The van der Waals surface area contributed by atoms with Gasteiger partial charge in [0.1, 0.15) is 0 Å². The first-order valence-electron chi connectivity index (χ1n) is 6.24. The molecule has 0 nitrogen and oxygen atoms in total. The molecule has 0 aromatic heterocycles. The van der Waals surface area contributed by atoms with Gasteiger partial charge in [-0.2, -0.15) is 0 Å². The molecule has 0 saturated heterocycles. The molecule has 0 aromatic carbocycles. The van der Waals surface area contributed by atoms with Crippen molar-refractivity contribution < 1.29 is 0 Å². The summed E-state index contributed by atoms with van der Waals surface area (Å²) in [5.74, 6) is 0. The van der Waals surface area contributed by atoms with Crippen LogP contribution in [0, 0.1) is 0 Å². The Bertz CT molecular complexity index is 97.4. The van der Waals surface area contributed by atoms with E-state index in [9.17, 15) is 0 Å². The molecule has 82 valence electrons. The minimum absolute atomic E-state index is 0.767. The van der Waals surface area contributed by atoms with E-state index in [-0.39, 0.29) is 0 Å². The molecule has 0 rings (SSSR count). The van der Waals surface area contributed by atoms with Crippen molar-refractivity contribution in [1.82, 2.24) is 0 Å². The fourth-order valence-electron chi connectivity index (χ4n) is 2.21. The maximum atomic E-state index is 2.42. The topological polar surface area (TPSA) is 0 Å². The molecule has 0 aliphatic carbocycles. The van der Waals surface area contributed by atoms with Crippen LogP contribution >= 0.6 is 7.26 Å². The van der Waals surface area contributed by atoms with Gasteiger partial charge in [0.15, 0.2) is 0 Å². The Hall–Kier alpha value is 0.430. The average molecular weight is 204 g/mol. The first-order chi connectivity index (χ1) is 6.24. The number of unbranched alkanes of at least 4 members (excludes halogenated alkanes) is 3. The zero-order valence-electron chi connectivity index (χ0n) is 10.2. The predicted octanol–water partition coefficient (Wildman–Crippen LogP) is 4.38. The van der Waals surface area contributed by atoms with Crippen LogP contribution in [0.1, 0.15) is 53.4 Å². The molecular weight excluding hydrogens is 175 g/mol. The van der Waals surface area contributed by atoms with E-state index < -0.39 is 7.26 Å². The summed E-state index contributed by atoms with van der Waals surface area (Å²) in [6, 6.07) is 0. The second kappa shape index (κ2) is 7.80. The van der Waals surface area contributed by atoms with E-state index in [1.807, 2.05) is 0 Å². The summed E-state index contributed by atoms with van der Waals surface area (Å²) in [4.78, 5) is 0. The second-order valence-electron chi connectivity index (χ2n) is 4.37. The van der Waals surface area contributed by atoms with E-state index in [2.05, 4.69) is 27.7 Å². The van der Waals surface area contributed by atoms with Crippen molar-refractivity contribution in [3.8, 4) is 0 Å². The molecule has 0 unspecified atom stereocenters. The van der Waals surface area contributed by atoms with Gasteiger partial charge in [-0.05, 0) is 0 Å². The van der Waals surface area contributed by atoms with Gasteiger partial charge in [-0.3, -0.25) is 0 Å². The molecule has 0 saturated carbocycles. The first-order valence-corrected chi connectivity index (χ1v) is 9.07. The van der Waals surface area contributed by atoms with Gasteiger partial charge in [-0.1, -0.05) is 0 Å². The molecule has 0 aliphatic rings. The Labute approximate surface area is 85.8 Å². The number of rotatable bonds is 8. The van der Waals surface area contributed by atoms with Crippen LogP contribution in [-0.4, -0.2) is 24.6 Å². The molecule has 0 fully saturated rings. The second-order valence-corrected chi connectivity index (χ2v) is 9.99. The fraction of sp³-hybridized carbons (Fsp3) is 1.00. The Morgan fingerprint density at radius 3 is 1.62 bits per heavy atom. The van der Waals surface area contributed by atoms with Crippen molar-refractivity contribution in [2.24, 2.45) is 0 Å². The number of hydrogen-bond acceptors (Lipinski definition) is 0.